The average molecular weight is 258 g/mol. The molecule has 0 aromatic carbocycles. The molecule has 3 N–H and O–H groups in total. The fraction of sp³-hybridized carbons (Fsp3) is 0.556. The molecule has 1 aromatic rings. The van der Waals surface area contributed by atoms with Crippen LogP contribution in [0.25, 0.3) is 0 Å². The summed E-state index contributed by atoms with van der Waals surface area (Å²) in [5.74, 6) is -0.0414. The van der Waals surface area contributed by atoms with Crippen LogP contribution in [-0.2, 0) is 11.3 Å². The van der Waals surface area contributed by atoms with Crippen LogP contribution in [-0.4, -0.2) is 22.3 Å². The number of nitrogens with two attached hydrogens (primary N) is 1. The summed E-state index contributed by atoms with van der Waals surface area (Å²) in [7, 11) is 0. The lowest BCUT2D eigenvalue weighted by Crippen LogP contribution is -2.23. The van der Waals surface area contributed by atoms with Crippen molar-refractivity contribution in [1.82, 2.24) is 9.55 Å². The van der Waals surface area contributed by atoms with Crippen LogP contribution in [0.3, 0.4) is 0 Å². The van der Waals surface area contributed by atoms with E-state index in [1.165, 1.54) is 4.57 Å². The molecule has 0 saturated heterocycles. The lowest BCUT2D eigenvalue weighted by molar-refractivity contribution is 0.0639. The van der Waals surface area contributed by atoms with E-state index in [4.69, 9.17) is 22.7 Å². The van der Waals surface area contributed by atoms with Crippen molar-refractivity contribution in [3.05, 3.63) is 20.0 Å². The van der Waals surface area contributed by atoms with Crippen molar-refractivity contribution in [3.63, 3.8) is 0 Å². The second-order valence-electron chi connectivity index (χ2n) is 3.46. The number of aromatic amines is 1. The third kappa shape index (κ3) is 2.98. The number of H-pyrrole nitrogens is 1. The van der Waals surface area contributed by atoms with Gasteiger partial charge in [0, 0.05) is 6.61 Å². The molecule has 0 spiro atoms. The predicted octanol–water partition coefficient (Wildman–Crippen LogP) is 1.31. The van der Waals surface area contributed by atoms with Gasteiger partial charge in [0.2, 0.25) is 5.69 Å². The molecule has 94 valence electrons. The molecular weight excluding hydrogens is 244 g/mol. The molecule has 1 aromatic heterocycles. The van der Waals surface area contributed by atoms with Gasteiger partial charge in [-0.2, -0.15) is 0 Å². The largest absolute Gasteiger partial charge is 0.383 e. The van der Waals surface area contributed by atoms with Crippen LogP contribution in [0.2, 0.25) is 0 Å². The van der Waals surface area contributed by atoms with Crippen LogP contribution in [0, 0.1) is 9.68 Å². The molecule has 0 bridgehead atoms. The zero-order valence-electron chi connectivity index (χ0n) is 9.60. The summed E-state index contributed by atoms with van der Waals surface area (Å²) in [6, 6.07) is 0. The number of hydrogen-bond acceptors (Lipinski definition) is 6. The molecule has 0 aliphatic rings. The summed E-state index contributed by atoms with van der Waals surface area (Å²) in [6.45, 7) is 4.60. The highest BCUT2D eigenvalue weighted by atomic mass is 32.1. The van der Waals surface area contributed by atoms with E-state index in [9.17, 15) is 9.70 Å². The second-order valence-corrected chi connectivity index (χ2v) is 3.85. The van der Waals surface area contributed by atoms with Crippen LogP contribution >= 0.6 is 12.2 Å². The van der Waals surface area contributed by atoms with Crippen LogP contribution in [0.1, 0.15) is 13.8 Å². The zero-order chi connectivity index (χ0) is 13.0. The minimum atomic E-state index is -0.678. The molecular formula is C9H14N4O3S. The number of hydrogen-bond donors (Lipinski definition) is 2. The number of nitrogens with one attached hydrogen (secondary N) is 1. The first-order valence-electron chi connectivity index (χ1n) is 5.08. The van der Waals surface area contributed by atoms with Gasteiger partial charge in [0.15, 0.2) is 4.77 Å². The van der Waals surface area contributed by atoms with Crippen molar-refractivity contribution in [3.8, 4) is 0 Å². The predicted molar refractivity (Wildman–Crippen MR) is 66.8 cm³/mol. The number of nitrogens with zero attached hydrogens (tertiary/aromatic N) is 2. The van der Waals surface area contributed by atoms with Gasteiger partial charge >= 0.3 is 0 Å². The van der Waals surface area contributed by atoms with Gasteiger partial charge in [-0.05, 0) is 31.2 Å². The summed E-state index contributed by atoms with van der Waals surface area (Å²) in [6.07, 6.45) is -0.139. The van der Waals surface area contributed by atoms with Crippen LogP contribution < -0.4 is 11.3 Å². The Balaban J connectivity index is 3.20. The number of nitrogen functional groups attached to an aromatic ring is 1. The van der Waals surface area contributed by atoms with Gasteiger partial charge in [-0.15, -0.1) is 4.91 Å². The van der Waals surface area contributed by atoms with Crippen molar-refractivity contribution in [2.75, 3.05) is 12.3 Å². The molecule has 0 radical (unpaired) electrons. The van der Waals surface area contributed by atoms with E-state index >= 15 is 0 Å². The Labute approximate surface area is 103 Å². The van der Waals surface area contributed by atoms with Gasteiger partial charge in [0.25, 0.3) is 5.56 Å². The highest BCUT2D eigenvalue weighted by molar-refractivity contribution is 7.71. The smallest absolute Gasteiger partial charge is 0.283 e. The number of rotatable bonds is 5. The standard InChI is InChI=1S/C9H14N4O3S/c1-3-16-5(2)4-13-7(10)6(12-15)8(14)11-9(13)17/h5H,3-4,10H2,1-2H3,(H,11,14,17). The summed E-state index contributed by atoms with van der Waals surface area (Å²) >= 11 is 4.97. The Kier molecular flexibility index (Phi) is 4.53. The fourth-order valence-electron chi connectivity index (χ4n) is 1.44. The number of ether oxygens (including phenoxy) is 1. The molecule has 0 aliphatic carbocycles. The third-order valence-corrected chi connectivity index (χ3v) is 2.52. The number of anilines is 1. The molecule has 0 fully saturated rings. The summed E-state index contributed by atoms with van der Waals surface area (Å²) < 4.78 is 6.91. The Morgan fingerprint density at radius 1 is 1.65 bits per heavy atom. The van der Waals surface area contributed by atoms with E-state index in [-0.39, 0.29) is 22.4 Å². The lowest BCUT2D eigenvalue weighted by atomic mass is 10.3. The minimum Gasteiger partial charge on any atom is -0.383 e. The van der Waals surface area contributed by atoms with Crippen molar-refractivity contribution in [1.29, 1.82) is 0 Å². The quantitative estimate of drug-likeness (QED) is 0.612. The van der Waals surface area contributed by atoms with Crippen LogP contribution in [0.5, 0.6) is 0 Å². The molecule has 1 unspecified atom stereocenters. The molecule has 17 heavy (non-hydrogen) atoms. The third-order valence-electron chi connectivity index (χ3n) is 2.20. The maximum Gasteiger partial charge on any atom is 0.283 e. The van der Waals surface area contributed by atoms with Crippen molar-refractivity contribution in [2.24, 2.45) is 5.18 Å². The van der Waals surface area contributed by atoms with E-state index in [0.717, 1.165) is 0 Å². The van der Waals surface area contributed by atoms with Gasteiger partial charge in [-0.3, -0.25) is 9.78 Å². The van der Waals surface area contributed by atoms with Crippen LogP contribution in [0.15, 0.2) is 9.97 Å². The minimum absolute atomic E-state index is 0.0414. The van der Waals surface area contributed by atoms with Crippen molar-refractivity contribution < 1.29 is 4.74 Å². The SMILES string of the molecule is CCOC(C)Cn1c(N)c(N=O)c(=O)[nH]c1=S. The summed E-state index contributed by atoms with van der Waals surface area (Å²) in [5.41, 5.74) is 4.63. The lowest BCUT2D eigenvalue weighted by Gasteiger charge is -2.16. The Bertz CT molecular complexity index is 522. The van der Waals surface area contributed by atoms with Gasteiger partial charge in [0.05, 0.1) is 12.6 Å². The highest BCUT2D eigenvalue weighted by Gasteiger charge is 2.13. The van der Waals surface area contributed by atoms with E-state index in [1.807, 2.05) is 13.8 Å². The van der Waals surface area contributed by atoms with Crippen molar-refractivity contribution >= 4 is 23.7 Å². The zero-order valence-corrected chi connectivity index (χ0v) is 10.4. The maximum atomic E-state index is 11.3. The first-order chi connectivity index (χ1) is 8.01. The van der Waals surface area contributed by atoms with Crippen molar-refractivity contribution in [2.45, 2.75) is 26.5 Å². The average Bonchev–Trinajstić information content (AvgIpc) is 2.25. The van der Waals surface area contributed by atoms with Gasteiger partial charge in [-0.1, -0.05) is 0 Å². The topological polar surface area (TPSA) is 102 Å². The molecule has 0 saturated carbocycles. The highest BCUT2D eigenvalue weighted by Crippen LogP contribution is 2.16. The van der Waals surface area contributed by atoms with Gasteiger partial charge in [0.1, 0.15) is 5.82 Å². The Hall–Kier alpha value is -1.54. The first-order valence-corrected chi connectivity index (χ1v) is 5.49. The summed E-state index contributed by atoms with van der Waals surface area (Å²) in [4.78, 5) is 24.1. The second kappa shape index (κ2) is 5.69. The Morgan fingerprint density at radius 3 is 2.82 bits per heavy atom. The van der Waals surface area contributed by atoms with E-state index in [0.29, 0.717) is 13.2 Å². The number of aromatic nitrogens is 2. The molecule has 1 heterocycles. The fourth-order valence-corrected chi connectivity index (χ4v) is 1.71. The molecule has 8 heteroatoms. The van der Waals surface area contributed by atoms with Crippen LogP contribution in [0.4, 0.5) is 11.5 Å². The molecule has 0 aliphatic heterocycles. The van der Waals surface area contributed by atoms with E-state index in [1.54, 1.807) is 0 Å². The van der Waals surface area contributed by atoms with Gasteiger partial charge in [-0.25, -0.2) is 0 Å². The molecule has 0 amide bonds. The number of nitroso groups, excluding NO2 is 1. The molecule has 7 nitrogen and oxygen atoms in total. The first kappa shape index (κ1) is 13.5. The molecule has 1 rings (SSSR count). The summed E-state index contributed by atoms with van der Waals surface area (Å²) in [5, 5.41) is 2.60. The van der Waals surface area contributed by atoms with E-state index < -0.39 is 5.56 Å². The molecule has 1 atom stereocenters. The maximum absolute atomic E-state index is 11.3. The normalized spacial score (nSPS) is 12.4. The van der Waals surface area contributed by atoms with Gasteiger partial charge < -0.3 is 15.0 Å². The Morgan fingerprint density at radius 2 is 2.29 bits per heavy atom. The van der Waals surface area contributed by atoms with E-state index in [2.05, 4.69) is 10.2 Å². The monoisotopic (exact) mass is 258 g/mol.